The van der Waals surface area contributed by atoms with Crippen molar-refractivity contribution in [1.82, 2.24) is 19.6 Å². The number of urea groups is 1. The lowest BCUT2D eigenvalue weighted by Gasteiger charge is -2.21. The van der Waals surface area contributed by atoms with E-state index in [1.807, 2.05) is 6.92 Å². The van der Waals surface area contributed by atoms with Crippen LogP contribution < -0.4 is 5.32 Å². The number of rotatable bonds is 2. The average molecular weight is 319 g/mol. The molecule has 0 radical (unpaired) electrons. The SMILES string of the molecule is CCN1CCCN(C(=O)Nc2cn(C)nc2C(F)(F)F)CC1. The third-order valence-corrected chi connectivity index (χ3v) is 3.66. The van der Waals surface area contributed by atoms with Crippen LogP contribution in [0, 0.1) is 0 Å². The lowest BCUT2D eigenvalue weighted by atomic mass is 10.3. The summed E-state index contributed by atoms with van der Waals surface area (Å²) in [5.41, 5.74) is -1.38. The van der Waals surface area contributed by atoms with Gasteiger partial charge in [-0.15, -0.1) is 0 Å². The van der Waals surface area contributed by atoms with Crippen LogP contribution in [0.3, 0.4) is 0 Å². The monoisotopic (exact) mass is 319 g/mol. The predicted molar refractivity (Wildman–Crippen MR) is 75.5 cm³/mol. The number of hydrogen-bond acceptors (Lipinski definition) is 3. The van der Waals surface area contributed by atoms with Crippen molar-refractivity contribution in [3.05, 3.63) is 11.9 Å². The van der Waals surface area contributed by atoms with Gasteiger partial charge in [-0.2, -0.15) is 18.3 Å². The molecule has 22 heavy (non-hydrogen) atoms. The normalized spacial score (nSPS) is 17.4. The second-order valence-corrected chi connectivity index (χ2v) is 5.27. The first-order chi connectivity index (χ1) is 10.3. The number of anilines is 1. The minimum absolute atomic E-state index is 0.309. The van der Waals surface area contributed by atoms with Crippen LogP contribution in [-0.4, -0.2) is 58.3 Å². The molecule has 1 aliphatic rings. The summed E-state index contributed by atoms with van der Waals surface area (Å²) in [4.78, 5) is 15.9. The molecule has 2 rings (SSSR count). The Balaban J connectivity index is 2.06. The standard InChI is InChI=1S/C13H20F3N5O/c1-3-20-5-4-6-21(8-7-20)12(22)17-10-9-19(2)18-11(10)13(14,15)16/h9H,3-8H2,1-2H3,(H,17,22). The Hall–Kier alpha value is -1.77. The van der Waals surface area contributed by atoms with E-state index in [2.05, 4.69) is 15.3 Å². The van der Waals surface area contributed by atoms with Gasteiger partial charge in [0.2, 0.25) is 0 Å². The number of aromatic nitrogens is 2. The summed E-state index contributed by atoms with van der Waals surface area (Å²) >= 11 is 0. The van der Waals surface area contributed by atoms with Crippen LogP contribution in [0.1, 0.15) is 19.0 Å². The first kappa shape index (κ1) is 16.6. The first-order valence-electron chi connectivity index (χ1n) is 7.20. The zero-order valence-electron chi connectivity index (χ0n) is 12.7. The van der Waals surface area contributed by atoms with Crippen molar-refractivity contribution >= 4 is 11.7 Å². The maximum atomic E-state index is 12.9. The molecule has 1 saturated heterocycles. The Labute approximate surface area is 126 Å². The van der Waals surface area contributed by atoms with Gasteiger partial charge in [-0.3, -0.25) is 4.68 Å². The van der Waals surface area contributed by atoms with Crippen molar-refractivity contribution in [2.24, 2.45) is 7.05 Å². The van der Waals surface area contributed by atoms with E-state index in [9.17, 15) is 18.0 Å². The number of likely N-dealkylation sites (N-methyl/N-ethyl adjacent to an activating group) is 1. The second-order valence-electron chi connectivity index (χ2n) is 5.27. The molecule has 1 fully saturated rings. The van der Waals surface area contributed by atoms with E-state index >= 15 is 0 Å². The van der Waals surface area contributed by atoms with Gasteiger partial charge < -0.3 is 15.1 Å². The molecule has 1 aliphatic heterocycles. The molecule has 0 unspecified atom stereocenters. The van der Waals surface area contributed by atoms with Crippen LogP contribution in [0.15, 0.2) is 6.20 Å². The summed E-state index contributed by atoms with van der Waals surface area (Å²) in [6.07, 6.45) is -2.63. The van der Waals surface area contributed by atoms with E-state index in [0.29, 0.717) is 13.1 Å². The molecule has 6 nitrogen and oxygen atoms in total. The van der Waals surface area contributed by atoms with Crippen molar-refractivity contribution in [2.75, 3.05) is 38.0 Å². The molecule has 1 aromatic rings. The highest BCUT2D eigenvalue weighted by Crippen LogP contribution is 2.33. The maximum Gasteiger partial charge on any atom is 0.437 e. The van der Waals surface area contributed by atoms with Gasteiger partial charge in [0.05, 0.1) is 5.69 Å². The van der Waals surface area contributed by atoms with Gasteiger partial charge in [0.1, 0.15) is 0 Å². The quantitative estimate of drug-likeness (QED) is 0.907. The summed E-state index contributed by atoms with van der Waals surface area (Å²) in [7, 11) is 1.38. The number of halogens is 3. The summed E-state index contributed by atoms with van der Waals surface area (Å²) in [5.74, 6) is 0. The number of alkyl halides is 3. The maximum absolute atomic E-state index is 12.9. The molecule has 1 N–H and O–H groups in total. The molecular formula is C13H20F3N5O. The third-order valence-electron chi connectivity index (χ3n) is 3.66. The average Bonchev–Trinajstić information content (AvgIpc) is 2.68. The van der Waals surface area contributed by atoms with E-state index in [1.54, 1.807) is 4.90 Å². The topological polar surface area (TPSA) is 53.4 Å². The molecule has 0 bridgehead atoms. The lowest BCUT2D eigenvalue weighted by Crippen LogP contribution is -2.38. The molecule has 0 aromatic carbocycles. The first-order valence-corrected chi connectivity index (χ1v) is 7.20. The minimum Gasteiger partial charge on any atom is -0.323 e. The van der Waals surface area contributed by atoms with Crippen LogP contribution in [0.2, 0.25) is 0 Å². The van der Waals surface area contributed by atoms with E-state index in [0.717, 1.165) is 36.9 Å². The van der Waals surface area contributed by atoms with E-state index in [4.69, 9.17) is 0 Å². The van der Waals surface area contributed by atoms with Gasteiger partial charge in [0, 0.05) is 32.9 Å². The van der Waals surface area contributed by atoms with Crippen molar-refractivity contribution in [3.63, 3.8) is 0 Å². The van der Waals surface area contributed by atoms with Gasteiger partial charge in [-0.25, -0.2) is 4.79 Å². The zero-order valence-corrected chi connectivity index (χ0v) is 12.7. The van der Waals surface area contributed by atoms with Crippen LogP contribution in [0.5, 0.6) is 0 Å². The molecule has 0 atom stereocenters. The highest BCUT2D eigenvalue weighted by atomic mass is 19.4. The molecule has 124 valence electrons. The molecule has 0 spiro atoms. The van der Waals surface area contributed by atoms with Gasteiger partial charge in [0.15, 0.2) is 5.69 Å². The third kappa shape index (κ3) is 3.90. The van der Waals surface area contributed by atoms with Crippen molar-refractivity contribution in [2.45, 2.75) is 19.5 Å². The number of carbonyl (C=O) groups excluding carboxylic acids is 1. The fourth-order valence-corrected chi connectivity index (χ4v) is 2.47. The molecular weight excluding hydrogens is 299 g/mol. The Morgan fingerprint density at radius 3 is 2.68 bits per heavy atom. The molecule has 0 saturated carbocycles. The van der Waals surface area contributed by atoms with Crippen LogP contribution in [0.25, 0.3) is 0 Å². The van der Waals surface area contributed by atoms with E-state index in [-0.39, 0.29) is 5.69 Å². The second kappa shape index (κ2) is 6.55. The molecule has 2 heterocycles. The highest BCUT2D eigenvalue weighted by molar-refractivity contribution is 5.89. The highest BCUT2D eigenvalue weighted by Gasteiger charge is 2.38. The number of carbonyl (C=O) groups is 1. The van der Waals surface area contributed by atoms with Crippen LogP contribution in [0.4, 0.5) is 23.7 Å². The Bertz CT molecular complexity index is 528. The molecule has 9 heteroatoms. The number of nitrogens with zero attached hydrogens (tertiary/aromatic N) is 4. The van der Waals surface area contributed by atoms with E-state index < -0.39 is 17.9 Å². The smallest absolute Gasteiger partial charge is 0.323 e. The van der Waals surface area contributed by atoms with Gasteiger partial charge in [-0.05, 0) is 19.5 Å². The van der Waals surface area contributed by atoms with Gasteiger partial charge in [-0.1, -0.05) is 6.92 Å². The fourth-order valence-electron chi connectivity index (χ4n) is 2.47. The Kier molecular flexibility index (Phi) is 4.94. The number of nitrogens with one attached hydrogen (secondary N) is 1. The summed E-state index contributed by atoms with van der Waals surface area (Å²) in [6.45, 7) is 5.59. The molecule has 0 aliphatic carbocycles. The Morgan fingerprint density at radius 2 is 2.05 bits per heavy atom. The lowest BCUT2D eigenvalue weighted by molar-refractivity contribution is -0.140. The largest absolute Gasteiger partial charge is 0.437 e. The molecule has 1 aromatic heterocycles. The summed E-state index contributed by atoms with van der Waals surface area (Å²) in [6, 6.07) is -0.517. The van der Waals surface area contributed by atoms with Gasteiger partial charge >= 0.3 is 12.2 Å². The van der Waals surface area contributed by atoms with E-state index in [1.165, 1.54) is 7.05 Å². The van der Waals surface area contributed by atoms with Gasteiger partial charge in [0.25, 0.3) is 0 Å². The van der Waals surface area contributed by atoms with Crippen LogP contribution in [-0.2, 0) is 13.2 Å². The van der Waals surface area contributed by atoms with Crippen LogP contribution >= 0.6 is 0 Å². The number of hydrogen-bond donors (Lipinski definition) is 1. The summed E-state index contributed by atoms with van der Waals surface area (Å²) in [5, 5.41) is 5.71. The van der Waals surface area contributed by atoms with Crippen molar-refractivity contribution in [1.29, 1.82) is 0 Å². The predicted octanol–water partition coefficient (Wildman–Crippen LogP) is 2.00. The molecule has 2 amide bonds. The minimum atomic E-state index is -4.60. The summed E-state index contributed by atoms with van der Waals surface area (Å²) < 4.78 is 39.6. The Morgan fingerprint density at radius 1 is 1.32 bits per heavy atom. The van der Waals surface area contributed by atoms with Crippen molar-refractivity contribution < 1.29 is 18.0 Å². The number of amides is 2. The zero-order chi connectivity index (χ0) is 16.3. The van der Waals surface area contributed by atoms with Crippen molar-refractivity contribution in [3.8, 4) is 0 Å². The fraction of sp³-hybridized carbons (Fsp3) is 0.692. The number of aryl methyl sites for hydroxylation is 1.